The van der Waals surface area contributed by atoms with Crippen molar-refractivity contribution in [1.29, 1.82) is 0 Å². The van der Waals surface area contributed by atoms with Gasteiger partial charge in [-0.1, -0.05) is 84.9 Å². The molecule has 0 fully saturated rings. The largest absolute Gasteiger partial charge is 0.134 e. The van der Waals surface area contributed by atoms with Crippen molar-refractivity contribution in [3.05, 3.63) is 121 Å². The van der Waals surface area contributed by atoms with Crippen LogP contribution in [0.1, 0.15) is 0 Å². The Balaban J connectivity index is 1.34. The van der Waals surface area contributed by atoms with E-state index < -0.39 is 0 Å². The average Bonchev–Trinajstić information content (AvgIpc) is 3.46. The molecule has 168 valence electrons. The molecular weight excluding hydrogens is 473 g/mol. The maximum absolute atomic E-state index is 2.40. The van der Waals surface area contributed by atoms with Crippen LogP contribution in [0.5, 0.6) is 0 Å². The molecule has 0 saturated carbocycles. The van der Waals surface area contributed by atoms with Crippen LogP contribution in [0, 0.1) is 0 Å². The van der Waals surface area contributed by atoms with Crippen molar-refractivity contribution in [2.24, 2.45) is 0 Å². The second kappa shape index (κ2) is 7.76. The van der Waals surface area contributed by atoms with Crippen molar-refractivity contribution >= 4 is 73.8 Å². The summed E-state index contributed by atoms with van der Waals surface area (Å²) in [5.74, 6) is 0. The highest BCUT2D eigenvalue weighted by Gasteiger charge is 2.14. The van der Waals surface area contributed by atoms with E-state index in [1.54, 1.807) is 0 Å². The minimum Gasteiger partial charge on any atom is -0.134 e. The molecule has 0 aliphatic rings. The van der Waals surface area contributed by atoms with Crippen molar-refractivity contribution < 1.29 is 0 Å². The molecule has 0 nitrogen and oxygen atoms in total. The Hall–Kier alpha value is -3.98. The molecule has 0 amide bonds. The molecule has 6 aromatic carbocycles. The van der Waals surface area contributed by atoms with Gasteiger partial charge in [0.05, 0.1) is 9.40 Å². The molecule has 0 saturated heterocycles. The maximum atomic E-state index is 2.40. The lowest BCUT2D eigenvalue weighted by Crippen LogP contribution is -1.79. The first kappa shape index (κ1) is 20.2. The molecule has 2 heteroatoms. The number of hydrogen-bond acceptors (Lipinski definition) is 2. The van der Waals surface area contributed by atoms with E-state index in [-0.39, 0.29) is 0 Å². The van der Waals surface area contributed by atoms with Gasteiger partial charge in [0, 0.05) is 20.2 Å². The Morgan fingerprint density at radius 2 is 0.778 bits per heavy atom. The van der Waals surface area contributed by atoms with E-state index in [0.29, 0.717) is 0 Å². The van der Waals surface area contributed by atoms with Crippen LogP contribution < -0.4 is 0 Å². The molecule has 0 atom stereocenters. The van der Waals surface area contributed by atoms with Gasteiger partial charge in [0.2, 0.25) is 0 Å². The van der Waals surface area contributed by atoms with Crippen LogP contribution in [0.25, 0.3) is 73.4 Å². The van der Waals surface area contributed by atoms with E-state index in [4.69, 9.17) is 0 Å². The summed E-state index contributed by atoms with van der Waals surface area (Å²) in [5, 5.41) is 7.97. The van der Waals surface area contributed by atoms with Gasteiger partial charge in [-0.2, -0.15) is 0 Å². The monoisotopic (exact) mass is 492 g/mol. The molecule has 0 unspecified atom stereocenters. The first-order valence-corrected chi connectivity index (χ1v) is 13.8. The second-order valence-electron chi connectivity index (χ2n) is 9.42. The zero-order chi connectivity index (χ0) is 23.6. The van der Waals surface area contributed by atoms with Crippen molar-refractivity contribution in [2.75, 3.05) is 0 Å². The zero-order valence-corrected chi connectivity index (χ0v) is 21.0. The number of hydrogen-bond donors (Lipinski definition) is 0. The lowest BCUT2D eigenvalue weighted by Gasteiger charge is -2.05. The summed E-state index contributed by atoms with van der Waals surface area (Å²) in [4.78, 5) is 0. The van der Waals surface area contributed by atoms with E-state index in [9.17, 15) is 0 Å². The van der Waals surface area contributed by atoms with Crippen LogP contribution >= 0.6 is 22.7 Å². The van der Waals surface area contributed by atoms with Crippen LogP contribution in [0.2, 0.25) is 0 Å². The van der Waals surface area contributed by atoms with E-state index in [2.05, 4.69) is 121 Å². The summed E-state index contributed by atoms with van der Waals surface area (Å²) in [6, 6.07) is 44.5. The van der Waals surface area contributed by atoms with Crippen LogP contribution in [-0.2, 0) is 0 Å². The van der Waals surface area contributed by atoms with Crippen molar-refractivity contribution in [3.8, 4) is 22.3 Å². The molecule has 0 aliphatic carbocycles. The normalized spacial score (nSPS) is 11.9. The first-order chi connectivity index (χ1) is 17.8. The number of benzene rings is 6. The highest BCUT2D eigenvalue weighted by atomic mass is 32.1. The summed E-state index contributed by atoms with van der Waals surface area (Å²) in [6.45, 7) is 0. The Bertz CT molecular complexity index is 1920. The highest BCUT2D eigenvalue weighted by molar-refractivity contribution is 7.36. The molecular formula is C34H20S2. The standard InChI is InChI=1S/C34H20S2/c1-3-7-21(8-4-1)23-11-13-25-19-31-29(17-27(25)15-23)33-34(35-31)30-18-28-16-24(22-9-5-2-6-10-22)12-14-26(28)20-32(30)36-33/h1-20H. The molecule has 2 aromatic heterocycles. The Morgan fingerprint density at radius 3 is 1.22 bits per heavy atom. The van der Waals surface area contributed by atoms with E-state index >= 15 is 0 Å². The fourth-order valence-electron chi connectivity index (χ4n) is 5.36. The van der Waals surface area contributed by atoms with Gasteiger partial charge in [-0.3, -0.25) is 0 Å². The van der Waals surface area contributed by atoms with Gasteiger partial charge in [0.15, 0.2) is 0 Å². The van der Waals surface area contributed by atoms with Crippen molar-refractivity contribution in [1.82, 2.24) is 0 Å². The summed E-state index contributed by atoms with van der Waals surface area (Å²) >= 11 is 3.87. The predicted octanol–water partition coefficient (Wildman–Crippen LogP) is 10.9. The van der Waals surface area contributed by atoms with Crippen LogP contribution in [0.4, 0.5) is 0 Å². The molecule has 0 spiro atoms. The molecule has 36 heavy (non-hydrogen) atoms. The Labute approximate surface area is 216 Å². The van der Waals surface area contributed by atoms with Crippen molar-refractivity contribution in [2.45, 2.75) is 0 Å². The molecule has 0 bridgehead atoms. The Kier molecular flexibility index (Phi) is 4.36. The summed E-state index contributed by atoms with van der Waals surface area (Å²) < 4.78 is 5.57. The van der Waals surface area contributed by atoms with Gasteiger partial charge in [-0.25, -0.2) is 0 Å². The third kappa shape index (κ3) is 3.12. The average molecular weight is 493 g/mol. The SMILES string of the molecule is c1ccc(-c2ccc3cc4sc5c6cc7cc(-c8ccccc8)ccc7cc6sc5c4cc3c2)cc1. The minimum atomic E-state index is 1.26. The molecule has 0 radical (unpaired) electrons. The first-order valence-electron chi connectivity index (χ1n) is 12.2. The van der Waals surface area contributed by atoms with E-state index in [0.717, 1.165) is 0 Å². The topological polar surface area (TPSA) is 0 Å². The molecule has 0 N–H and O–H groups in total. The second-order valence-corrected chi connectivity index (χ2v) is 11.5. The number of fused-ring (bicyclic) bond motifs is 7. The van der Waals surface area contributed by atoms with E-state index in [1.165, 1.54) is 73.4 Å². The smallest absolute Gasteiger partial charge is 0.0542 e. The van der Waals surface area contributed by atoms with Gasteiger partial charge in [-0.05, 0) is 80.2 Å². The van der Waals surface area contributed by atoms with E-state index in [1.807, 2.05) is 22.7 Å². The molecule has 8 rings (SSSR count). The third-order valence-electron chi connectivity index (χ3n) is 7.21. The molecule has 2 heterocycles. The van der Waals surface area contributed by atoms with Gasteiger partial charge < -0.3 is 0 Å². The minimum absolute atomic E-state index is 1.26. The maximum Gasteiger partial charge on any atom is 0.0542 e. The zero-order valence-electron chi connectivity index (χ0n) is 19.4. The number of rotatable bonds is 2. The third-order valence-corrected chi connectivity index (χ3v) is 9.71. The summed E-state index contributed by atoms with van der Waals surface area (Å²) in [7, 11) is 0. The Morgan fingerprint density at radius 1 is 0.333 bits per heavy atom. The fourth-order valence-corrected chi connectivity index (χ4v) is 8.06. The summed E-state index contributed by atoms with van der Waals surface area (Å²) in [5.41, 5.74) is 5.06. The van der Waals surface area contributed by atoms with Crippen LogP contribution in [0.15, 0.2) is 121 Å². The van der Waals surface area contributed by atoms with Gasteiger partial charge >= 0.3 is 0 Å². The van der Waals surface area contributed by atoms with Gasteiger partial charge in [-0.15, -0.1) is 22.7 Å². The van der Waals surface area contributed by atoms with Crippen LogP contribution in [0.3, 0.4) is 0 Å². The molecule has 0 aliphatic heterocycles. The van der Waals surface area contributed by atoms with Crippen molar-refractivity contribution in [3.63, 3.8) is 0 Å². The molecule has 8 aromatic rings. The highest BCUT2D eigenvalue weighted by Crippen LogP contribution is 2.46. The van der Waals surface area contributed by atoms with Crippen LogP contribution in [-0.4, -0.2) is 0 Å². The summed E-state index contributed by atoms with van der Waals surface area (Å²) in [6.07, 6.45) is 0. The number of thiophene rings is 2. The van der Waals surface area contributed by atoms with Gasteiger partial charge in [0.25, 0.3) is 0 Å². The lowest BCUT2D eigenvalue weighted by molar-refractivity contribution is 1.65. The predicted molar refractivity (Wildman–Crippen MR) is 161 cm³/mol. The van der Waals surface area contributed by atoms with Gasteiger partial charge in [0.1, 0.15) is 0 Å². The fraction of sp³-hybridized carbons (Fsp3) is 0. The lowest BCUT2D eigenvalue weighted by atomic mass is 10.00. The quantitative estimate of drug-likeness (QED) is 0.225.